The minimum absolute atomic E-state index is 0.00884. The number of nitrogens with zero attached hydrogens (tertiary/aromatic N) is 4. The van der Waals surface area contributed by atoms with Gasteiger partial charge in [0.15, 0.2) is 11.0 Å². The van der Waals surface area contributed by atoms with E-state index in [1.165, 1.54) is 11.8 Å². The first-order valence-corrected chi connectivity index (χ1v) is 10.4. The van der Waals surface area contributed by atoms with Gasteiger partial charge >= 0.3 is 0 Å². The molecular formula is C22H21ClN4OS. The predicted molar refractivity (Wildman–Crippen MR) is 120 cm³/mol. The zero-order chi connectivity index (χ0) is 20.6. The molecular weight excluding hydrogens is 404 g/mol. The van der Waals surface area contributed by atoms with Crippen LogP contribution in [-0.4, -0.2) is 44.4 Å². The van der Waals surface area contributed by atoms with E-state index >= 15 is 0 Å². The van der Waals surface area contributed by atoms with E-state index in [2.05, 4.69) is 23.4 Å². The van der Waals surface area contributed by atoms with E-state index in [-0.39, 0.29) is 11.7 Å². The number of aromatic nitrogens is 3. The zero-order valence-electron chi connectivity index (χ0n) is 15.9. The molecule has 0 aliphatic carbocycles. The molecule has 0 saturated carbocycles. The highest BCUT2D eigenvalue weighted by atomic mass is 35.5. The second-order valence-corrected chi connectivity index (χ2v) is 7.53. The Bertz CT molecular complexity index is 976. The van der Waals surface area contributed by atoms with Gasteiger partial charge in [0.2, 0.25) is 5.91 Å². The van der Waals surface area contributed by atoms with Crippen LogP contribution >= 0.6 is 23.4 Å². The van der Waals surface area contributed by atoms with Crippen molar-refractivity contribution in [3.8, 4) is 17.1 Å². The molecule has 0 aliphatic heterocycles. The summed E-state index contributed by atoms with van der Waals surface area (Å²) in [6.45, 7) is 8.38. The first kappa shape index (κ1) is 20.9. The number of hydrogen-bond acceptors (Lipinski definition) is 4. The Hall–Kier alpha value is -2.83. The van der Waals surface area contributed by atoms with Crippen molar-refractivity contribution in [3.63, 3.8) is 0 Å². The van der Waals surface area contributed by atoms with Gasteiger partial charge in [-0.3, -0.25) is 9.36 Å². The molecule has 1 heterocycles. The van der Waals surface area contributed by atoms with E-state index in [4.69, 9.17) is 11.6 Å². The van der Waals surface area contributed by atoms with Crippen LogP contribution in [-0.2, 0) is 4.79 Å². The first-order valence-electron chi connectivity index (χ1n) is 9.03. The second-order valence-electron chi connectivity index (χ2n) is 6.15. The van der Waals surface area contributed by atoms with Crippen molar-refractivity contribution in [2.24, 2.45) is 0 Å². The molecule has 1 aromatic heterocycles. The number of carbonyl (C=O) groups is 1. The zero-order valence-corrected chi connectivity index (χ0v) is 17.4. The van der Waals surface area contributed by atoms with E-state index in [0.29, 0.717) is 29.1 Å². The van der Waals surface area contributed by atoms with Gasteiger partial charge < -0.3 is 4.90 Å². The lowest BCUT2D eigenvalue weighted by molar-refractivity contribution is -0.127. The van der Waals surface area contributed by atoms with Gasteiger partial charge in [0, 0.05) is 29.4 Å². The van der Waals surface area contributed by atoms with Crippen LogP contribution in [0.25, 0.3) is 17.1 Å². The summed E-state index contributed by atoms with van der Waals surface area (Å²) in [4.78, 5) is 14.3. The average molecular weight is 425 g/mol. The Morgan fingerprint density at radius 2 is 1.69 bits per heavy atom. The van der Waals surface area contributed by atoms with Crippen LogP contribution in [0.15, 0.2) is 85.1 Å². The molecule has 0 bridgehead atoms. The maximum absolute atomic E-state index is 12.6. The minimum atomic E-state index is -0.00884. The maximum Gasteiger partial charge on any atom is 0.233 e. The van der Waals surface area contributed by atoms with Gasteiger partial charge in [0.1, 0.15) is 0 Å². The van der Waals surface area contributed by atoms with Gasteiger partial charge in [0.05, 0.1) is 5.75 Å². The fraction of sp³-hybridized carbons (Fsp3) is 0.136. The molecule has 29 heavy (non-hydrogen) atoms. The van der Waals surface area contributed by atoms with E-state index in [9.17, 15) is 4.79 Å². The van der Waals surface area contributed by atoms with Crippen molar-refractivity contribution in [1.29, 1.82) is 0 Å². The van der Waals surface area contributed by atoms with Gasteiger partial charge in [0.25, 0.3) is 0 Å². The number of carbonyl (C=O) groups excluding carboxylic acids is 1. The van der Waals surface area contributed by atoms with Crippen molar-refractivity contribution < 1.29 is 4.79 Å². The van der Waals surface area contributed by atoms with Gasteiger partial charge in [-0.2, -0.15) is 0 Å². The molecule has 3 aromatic rings. The van der Waals surface area contributed by atoms with Gasteiger partial charge in [-0.05, 0) is 36.4 Å². The summed E-state index contributed by atoms with van der Waals surface area (Å²) in [5.41, 5.74) is 1.82. The topological polar surface area (TPSA) is 51.0 Å². The molecule has 148 valence electrons. The average Bonchev–Trinajstić information content (AvgIpc) is 3.17. The molecule has 0 saturated heterocycles. The first-order chi connectivity index (χ1) is 14.1. The normalized spacial score (nSPS) is 10.5. The summed E-state index contributed by atoms with van der Waals surface area (Å²) in [6.07, 6.45) is 3.41. The number of rotatable bonds is 9. The largest absolute Gasteiger partial charge is 0.335 e. The SMILES string of the molecule is C=CCN(CC=C)C(=O)CSc1nnc(-c2ccc(Cl)cc2)n1-c1ccccc1. The molecule has 3 rings (SSSR count). The minimum Gasteiger partial charge on any atom is -0.335 e. The number of hydrogen-bond donors (Lipinski definition) is 0. The fourth-order valence-corrected chi connectivity index (χ4v) is 3.75. The lowest BCUT2D eigenvalue weighted by Crippen LogP contribution is -2.32. The Morgan fingerprint density at radius 3 is 2.31 bits per heavy atom. The summed E-state index contributed by atoms with van der Waals surface area (Å²) in [6, 6.07) is 17.3. The molecule has 2 aromatic carbocycles. The number of amides is 1. The molecule has 0 fully saturated rings. The van der Waals surface area contributed by atoms with Gasteiger partial charge in [-0.1, -0.05) is 53.7 Å². The van der Waals surface area contributed by atoms with Crippen molar-refractivity contribution in [2.75, 3.05) is 18.8 Å². The third kappa shape index (κ3) is 5.16. The van der Waals surface area contributed by atoms with Crippen molar-refractivity contribution in [2.45, 2.75) is 5.16 Å². The Kier molecular flexibility index (Phi) is 7.27. The summed E-state index contributed by atoms with van der Waals surface area (Å²) >= 11 is 7.38. The molecule has 0 aliphatic rings. The van der Waals surface area contributed by atoms with Crippen LogP contribution < -0.4 is 0 Å². The molecule has 7 heteroatoms. The van der Waals surface area contributed by atoms with Crippen LogP contribution in [0.3, 0.4) is 0 Å². The summed E-state index contributed by atoms with van der Waals surface area (Å²) in [7, 11) is 0. The molecule has 0 atom stereocenters. The van der Waals surface area contributed by atoms with Crippen molar-refractivity contribution in [1.82, 2.24) is 19.7 Å². The number of benzene rings is 2. The molecule has 1 amide bonds. The third-order valence-corrected chi connectivity index (χ3v) is 5.29. The number of thioether (sulfide) groups is 1. The lowest BCUT2D eigenvalue weighted by atomic mass is 10.2. The van der Waals surface area contributed by atoms with E-state index in [1.807, 2.05) is 59.2 Å². The Morgan fingerprint density at radius 1 is 1.03 bits per heavy atom. The van der Waals surface area contributed by atoms with Crippen LogP contribution in [0, 0.1) is 0 Å². The monoisotopic (exact) mass is 424 g/mol. The maximum atomic E-state index is 12.6. The van der Waals surface area contributed by atoms with Crippen LogP contribution in [0.5, 0.6) is 0 Å². The smallest absolute Gasteiger partial charge is 0.233 e. The second kappa shape index (κ2) is 10.1. The molecule has 0 unspecified atom stereocenters. The predicted octanol–water partition coefficient (Wildman–Crippen LogP) is 4.88. The van der Waals surface area contributed by atoms with Gasteiger partial charge in [-0.25, -0.2) is 0 Å². The highest BCUT2D eigenvalue weighted by molar-refractivity contribution is 7.99. The molecule has 0 spiro atoms. The van der Waals surface area contributed by atoms with E-state index < -0.39 is 0 Å². The van der Waals surface area contributed by atoms with Crippen LogP contribution in [0.2, 0.25) is 5.02 Å². The lowest BCUT2D eigenvalue weighted by Gasteiger charge is -2.19. The molecule has 5 nitrogen and oxygen atoms in total. The Balaban J connectivity index is 1.91. The quantitative estimate of drug-likeness (QED) is 0.363. The molecule has 0 radical (unpaired) electrons. The van der Waals surface area contributed by atoms with Gasteiger partial charge in [-0.15, -0.1) is 23.4 Å². The third-order valence-electron chi connectivity index (χ3n) is 4.13. The van der Waals surface area contributed by atoms with Crippen molar-refractivity contribution in [3.05, 3.63) is 84.9 Å². The molecule has 0 N–H and O–H groups in total. The van der Waals surface area contributed by atoms with Crippen LogP contribution in [0.4, 0.5) is 0 Å². The standard InChI is InChI=1S/C22H21ClN4OS/c1-3-14-26(15-4-2)20(28)16-29-22-25-24-21(17-10-12-18(23)13-11-17)27(22)19-8-6-5-7-9-19/h3-13H,1-2,14-16H2. The summed E-state index contributed by atoms with van der Waals surface area (Å²) < 4.78 is 1.95. The summed E-state index contributed by atoms with van der Waals surface area (Å²) in [5.74, 6) is 0.926. The van der Waals surface area contributed by atoms with E-state index in [1.54, 1.807) is 17.1 Å². The number of halogens is 1. The van der Waals surface area contributed by atoms with Crippen LogP contribution in [0.1, 0.15) is 0 Å². The summed E-state index contributed by atoms with van der Waals surface area (Å²) in [5, 5.41) is 10.0. The fourth-order valence-electron chi connectivity index (χ4n) is 2.77. The number of para-hydroxylation sites is 1. The Labute approximate surface area is 179 Å². The highest BCUT2D eigenvalue weighted by Gasteiger charge is 2.18. The van der Waals surface area contributed by atoms with Crippen molar-refractivity contribution >= 4 is 29.3 Å². The highest BCUT2D eigenvalue weighted by Crippen LogP contribution is 2.28. The van der Waals surface area contributed by atoms with E-state index in [0.717, 1.165) is 11.3 Å².